The molecule has 0 unspecified atom stereocenters. The van der Waals surface area contributed by atoms with E-state index in [2.05, 4.69) is 10.3 Å². The molecule has 0 aliphatic carbocycles. The van der Waals surface area contributed by atoms with Crippen molar-refractivity contribution in [3.8, 4) is 0 Å². The predicted octanol–water partition coefficient (Wildman–Crippen LogP) is 1.78. The highest BCUT2D eigenvalue weighted by Crippen LogP contribution is 2.31. The third-order valence-electron chi connectivity index (χ3n) is 5.82. The number of rotatable bonds is 4. The molecule has 8 nitrogen and oxygen atoms in total. The lowest BCUT2D eigenvalue weighted by Gasteiger charge is -2.25. The highest BCUT2D eigenvalue weighted by atomic mass is 16.4. The van der Waals surface area contributed by atoms with Gasteiger partial charge in [-0.1, -0.05) is 12.1 Å². The van der Waals surface area contributed by atoms with Gasteiger partial charge in [0.1, 0.15) is 0 Å². The fourth-order valence-electron chi connectivity index (χ4n) is 4.32. The van der Waals surface area contributed by atoms with E-state index in [1.54, 1.807) is 6.07 Å². The largest absolute Gasteiger partial charge is 0.419 e. The van der Waals surface area contributed by atoms with Crippen LogP contribution in [0.4, 0.5) is 0 Å². The van der Waals surface area contributed by atoms with Gasteiger partial charge in [0.15, 0.2) is 11.4 Å². The van der Waals surface area contributed by atoms with Gasteiger partial charge in [-0.3, -0.25) is 9.36 Å². The van der Waals surface area contributed by atoms with Gasteiger partial charge in [-0.05, 0) is 25.0 Å². The fraction of sp³-hybridized carbons (Fsp3) is 0.429. The van der Waals surface area contributed by atoms with Crippen molar-refractivity contribution in [2.24, 2.45) is 0 Å². The van der Waals surface area contributed by atoms with Crippen LogP contribution in [0.2, 0.25) is 0 Å². The maximum Gasteiger partial charge on any atom is 0.419 e. The third-order valence-corrected chi connectivity index (χ3v) is 5.82. The van der Waals surface area contributed by atoms with E-state index in [-0.39, 0.29) is 18.4 Å². The van der Waals surface area contributed by atoms with Gasteiger partial charge < -0.3 is 14.6 Å². The highest BCUT2D eigenvalue weighted by Gasteiger charge is 2.32. The molecule has 1 atom stereocenters. The number of hydrogen-bond donors (Lipinski definition) is 1. The number of nitrogens with one attached hydrogen (secondary N) is 1. The number of oxazole rings is 1. The van der Waals surface area contributed by atoms with Gasteiger partial charge in [0.05, 0.1) is 11.6 Å². The summed E-state index contributed by atoms with van der Waals surface area (Å²) in [5, 5.41) is 3.32. The number of hydrogen-bond acceptors (Lipinski definition) is 6. The first kappa shape index (κ1) is 18.1. The average Bonchev–Trinajstić information content (AvgIpc) is 3.36. The van der Waals surface area contributed by atoms with Gasteiger partial charge in [-0.2, -0.15) is 0 Å². The first-order valence-corrected chi connectivity index (χ1v) is 10.1. The molecule has 4 heterocycles. The summed E-state index contributed by atoms with van der Waals surface area (Å²) in [5.74, 6) is 0.332. The first-order valence-electron chi connectivity index (χ1n) is 10.1. The summed E-state index contributed by atoms with van der Waals surface area (Å²) in [7, 11) is 0. The van der Waals surface area contributed by atoms with Gasteiger partial charge >= 0.3 is 5.76 Å². The quantitative estimate of drug-likeness (QED) is 0.726. The maximum absolute atomic E-state index is 13.0. The van der Waals surface area contributed by atoms with Crippen LogP contribution in [0.1, 0.15) is 42.4 Å². The van der Waals surface area contributed by atoms with Crippen LogP contribution in [0.25, 0.3) is 11.1 Å². The second-order valence-electron chi connectivity index (χ2n) is 7.61. The molecule has 5 rings (SSSR count). The fourth-order valence-corrected chi connectivity index (χ4v) is 4.32. The van der Waals surface area contributed by atoms with Crippen molar-refractivity contribution in [1.29, 1.82) is 0 Å². The van der Waals surface area contributed by atoms with E-state index in [0.29, 0.717) is 18.7 Å². The van der Waals surface area contributed by atoms with E-state index in [4.69, 9.17) is 9.40 Å². The Balaban J connectivity index is 1.33. The zero-order valence-corrected chi connectivity index (χ0v) is 16.1. The Morgan fingerprint density at radius 1 is 1.31 bits per heavy atom. The molecular weight excluding hydrogens is 370 g/mol. The third kappa shape index (κ3) is 3.33. The van der Waals surface area contributed by atoms with E-state index in [1.165, 1.54) is 4.57 Å². The second-order valence-corrected chi connectivity index (χ2v) is 7.61. The topological polar surface area (TPSA) is 93.3 Å². The van der Waals surface area contributed by atoms with E-state index >= 15 is 0 Å². The molecule has 0 radical (unpaired) electrons. The van der Waals surface area contributed by atoms with Crippen LogP contribution in [-0.2, 0) is 24.3 Å². The summed E-state index contributed by atoms with van der Waals surface area (Å²) in [5.41, 5.74) is 3.49. The Bertz CT molecular complexity index is 1120. The van der Waals surface area contributed by atoms with Crippen LogP contribution in [0.3, 0.4) is 0 Å². The number of likely N-dealkylation sites (tertiary alicyclic amines) is 1. The Kier molecular flexibility index (Phi) is 4.63. The monoisotopic (exact) mass is 393 g/mol. The van der Waals surface area contributed by atoms with Gasteiger partial charge in [0.2, 0.25) is 5.91 Å². The van der Waals surface area contributed by atoms with Crippen LogP contribution in [0.15, 0.2) is 39.7 Å². The summed E-state index contributed by atoms with van der Waals surface area (Å²) < 4.78 is 6.79. The minimum absolute atomic E-state index is 0.0210. The van der Waals surface area contributed by atoms with E-state index in [0.717, 1.165) is 55.0 Å². The molecule has 1 amide bonds. The minimum atomic E-state index is -0.427. The predicted molar refractivity (Wildman–Crippen MR) is 106 cm³/mol. The molecule has 8 heteroatoms. The van der Waals surface area contributed by atoms with Crippen LogP contribution >= 0.6 is 0 Å². The lowest BCUT2D eigenvalue weighted by atomic mass is 10.1. The molecule has 150 valence electrons. The smallest absolute Gasteiger partial charge is 0.408 e. The van der Waals surface area contributed by atoms with Crippen LogP contribution in [0, 0.1) is 0 Å². The molecule has 2 aliphatic heterocycles. The molecular formula is C21H23N5O3. The lowest BCUT2D eigenvalue weighted by molar-refractivity contribution is -0.132. The molecule has 2 aliphatic rings. The van der Waals surface area contributed by atoms with Crippen LogP contribution in [-0.4, -0.2) is 38.4 Å². The van der Waals surface area contributed by atoms with Gasteiger partial charge in [0, 0.05) is 56.5 Å². The number of amides is 1. The molecule has 1 aromatic carbocycles. The maximum atomic E-state index is 13.0. The Morgan fingerprint density at radius 2 is 2.21 bits per heavy atom. The van der Waals surface area contributed by atoms with Crippen LogP contribution < -0.4 is 11.1 Å². The number of nitrogens with zero attached hydrogens (tertiary/aromatic N) is 4. The number of para-hydroxylation sites is 2. The number of carbonyl (C=O) groups is 1. The van der Waals surface area contributed by atoms with Crippen molar-refractivity contribution in [1.82, 2.24) is 24.8 Å². The Labute approximate surface area is 167 Å². The molecule has 0 spiro atoms. The minimum Gasteiger partial charge on any atom is -0.408 e. The number of aromatic nitrogens is 3. The molecule has 29 heavy (non-hydrogen) atoms. The number of fused-ring (bicyclic) bond motifs is 2. The van der Waals surface area contributed by atoms with Gasteiger partial charge in [-0.25, -0.2) is 14.8 Å². The molecule has 1 N–H and O–H groups in total. The molecule has 1 saturated heterocycles. The zero-order chi connectivity index (χ0) is 19.8. The van der Waals surface area contributed by atoms with Crippen molar-refractivity contribution < 1.29 is 9.21 Å². The standard InChI is InChI=1S/C21H23N5O3/c27-19(8-11-26-16-4-1-2-6-18(16)29-21(26)28)25-10-3-5-17(25)20-23-13-14-12-22-9-7-15(14)24-20/h1-2,4,6,13,17,22H,3,5,7-12H2/t17-/m0/s1. The van der Waals surface area contributed by atoms with Crippen molar-refractivity contribution in [3.63, 3.8) is 0 Å². The van der Waals surface area contributed by atoms with Crippen molar-refractivity contribution in [3.05, 3.63) is 58.1 Å². The second kappa shape index (κ2) is 7.44. The number of carbonyl (C=O) groups excluding carboxylic acids is 1. The van der Waals surface area contributed by atoms with Crippen molar-refractivity contribution >= 4 is 17.0 Å². The summed E-state index contributed by atoms with van der Waals surface area (Å²) in [6.07, 6.45) is 4.84. The van der Waals surface area contributed by atoms with Gasteiger partial charge in [-0.15, -0.1) is 0 Å². The SMILES string of the molecule is O=C(CCn1c(=O)oc2ccccc21)N1CCC[C@H]1c1ncc2c(n1)CCNC2. The molecule has 3 aromatic rings. The lowest BCUT2D eigenvalue weighted by Crippen LogP contribution is -2.33. The van der Waals surface area contributed by atoms with E-state index in [1.807, 2.05) is 29.3 Å². The normalized spacial score (nSPS) is 18.9. The van der Waals surface area contributed by atoms with E-state index in [9.17, 15) is 9.59 Å². The molecule has 0 saturated carbocycles. The summed E-state index contributed by atoms with van der Waals surface area (Å²) in [4.78, 5) is 36.3. The first-order chi connectivity index (χ1) is 14.2. The summed E-state index contributed by atoms with van der Waals surface area (Å²) >= 11 is 0. The Morgan fingerprint density at radius 3 is 3.14 bits per heavy atom. The molecule has 2 aromatic heterocycles. The van der Waals surface area contributed by atoms with Crippen LogP contribution in [0.5, 0.6) is 0 Å². The van der Waals surface area contributed by atoms with Crippen molar-refractivity contribution in [2.45, 2.75) is 44.8 Å². The number of aryl methyl sites for hydroxylation is 1. The zero-order valence-electron chi connectivity index (χ0n) is 16.1. The van der Waals surface area contributed by atoms with E-state index < -0.39 is 5.76 Å². The average molecular weight is 393 g/mol. The highest BCUT2D eigenvalue weighted by molar-refractivity contribution is 5.77. The Hall–Kier alpha value is -3.00. The molecule has 1 fully saturated rings. The van der Waals surface area contributed by atoms with Crippen molar-refractivity contribution in [2.75, 3.05) is 13.1 Å². The summed E-state index contributed by atoms with van der Waals surface area (Å²) in [6, 6.07) is 7.19. The van der Waals surface area contributed by atoms with Gasteiger partial charge in [0.25, 0.3) is 0 Å². The summed E-state index contributed by atoms with van der Waals surface area (Å²) in [6.45, 7) is 2.72. The number of benzene rings is 1. The molecule has 0 bridgehead atoms.